The molecule has 0 aromatic rings. The fourth-order valence-electron chi connectivity index (χ4n) is 2.01. The van der Waals surface area contributed by atoms with Gasteiger partial charge in [-0.05, 0) is 24.7 Å². The van der Waals surface area contributed by atoms with Crippen LogP contribution in [0.15, 0.2) is 0 Å². The van der Waals surface area contributed by atoms with Crippen LogP contribution in [-0.4, -0.2) is 24.3 Å². The van der Waals surface area contributed by atoms with E-state index in [1.165, 1.54) is 0 Å². The van der Waals surface area contributed by atoms with E-state index in [9.17, 15) is 4.79 Å². The van der Waals surface area contributed by atoms with E-state index in [0.29, 0.717) is 18.3 Å². The second-order valence-corrected chi connectivity index (χ2v) is 3.72. The van der Waals surface area contributed by atoms with Crippen LogP contribution in [0.1, 0.15) is 32.6 Å². The zero-order chi connectivity index (χ0) is 9.68. The van der Waals surface area contributed by atoms with Crippen LogP contribution in [0.5, 0.6) is 0 Å². The summed E-state index contributed by atoms with van der Waals surface area (Å²) in [7, 11) is 0. The smallest absolute Gasteiger partial charge is 0.303 e. The number of carboxylic acids is 1. The van der Waals surface area contributed by atoms with Gasteiger partial charge in [-0.1, -0.05) is 13.3 Å². The van der Waals surface area contributed by atoms with E-state index in [2.05, 4.69) is 6.92 Å². The molecule has 1 aliphatic heterocycles. The van der Waals surface area contributed by atoms with E-state index >= 15 is 0 Å². The Morgan fingerprint density at radius 2 is 2.46 bits per heavy atom. The first-order valence-electron chi connectivity index (χ1n) is 5.03. The minimum atomic E-state index is -0.683. The Hall–Kier alpha value is -0.570. The quantitative estimate of drug-likeness (QED) is 0.713. The summed E-state index contributed by atoms with van der Waals surface area (Å²) in [5.74, 6) is 0.459. The molecule has 76 valence electrons. The Balaban J connectivity index is 2.28. The first kappa shape index (κ1) is 10.5. The highest BCUT2D eigenvalue weighted by molar-refractivity contribution is 5.66. The minimum Gasteiger partial charge on any atom is -0.481 e. The van der Waals surface area contributed by atoms with Crippen LogP contribution >= 0.6 is 0 Å². The van der Waals surface area contributed by atoms with E-state index in [1.807, 2.05) is 0 Å². The second kappa shape index (κ2) is 5.22. The molecule has 0 aromatic carbocycles. The maximum atomic E-state index is 10.4. The molecule has 1 N–H and O–H groups in total. The molecule has 0 aromatic heterocycles. The number of ether oxygens (including phenoxy) is 1. The fourth-order valence-corrected chi connectivity index (χ4v) is 2.01. The first-order chi connectivity index (χ1) is 6.24. The lowest BCUT2D eigenvalue weighted by Crippen LogP contribution is -2.15. The summed E-state index contributed by atoms with van der Waals surface area (Å²) >= 11 is 0. The van der Waals surface area contributed by atoms with Gasteiger partial charge in [0.2, 0.25) is 0 Å². The van der Waals surface area contributed by atoms with Gasteiger partial charge in [0.25, 0.3) is 0 Å². The van der Waals surface area contributed by atoms with Crippen LogP contribution in [0.3, 0.4) is 0 Å². The summed E-state index contributed by atoms with van der Waals surface area (Å²) in [6.07, 6.45) is 3.29. The second-order valence-electron chi connectivity index (χ2n) is 3.72. The molecular weight excluding hydrogens is 168 g/mol. The lowest BCUT2D eigenvalue weighted by molar-refractivity contribution is -0.137. The van der Waals surface area contributed by atoms with E-state index in [0.717, 1.165) is 32.5 Å². The van der Waals surface area contributed by atoms with E-state index in [4.69, 9.17) is 9.84 Å². The van der Waals surface area contributed by atoms with Gasteiger partial charge in [-0.15, -0.1) is 0 Å². The molecule has 1 rings (SSSR count). The molecular formula is C10H18O3. The van der Waals surface area contributed by atoms with Crippen LogP contribution in [-0.2, 0) is 9.53 Å². The monoisotopic (exact) mass is 186 g/mol. The molecule has 0 saturated carbocycles. The van der Waals surface area contributed by atoms with Gasteiger partial charge in [-0.25, -0.2) is 0 Å². The SMILES string of the molecule is CCC(CCC(=O)O)C1CCOC1. The van der Waals surface area contributed by atoms with Gasteiger partial charge in [0.15, 0.2) is 0 Å². The summed E-state index contributed by atoms with van der Waals surface area (Å²) < 4.78 is 5.30. The van der Waals surface area contributed by atoms with Crippen molar-refractivity contribution in [1.82, 2.24) is 0 Å². The summed E-state index contributed by atoms with van der Waals surface area (Å²) in [6, 6.07) is 0. The number of hydrogen-bond acceptors (Lipinski definition) is 2. The molecule has 0 bridgehead atoms. The van der Waals surface area contributed by atoms with Crippen molar-refractivity contribution in [3.8, 4) is 0 Å². The van der Waals surface area contributed by atoms with Crippen LogP contribution in [0.2, 0.25) is 0 Å². The van der Waals surface area contributed by atoms with Gasteiger partial charge in [-0.2, -0.15) is 0 Å². The topological polar surface area (TPSA) is 46.5 Å². The third kappa shape index (κ3) is 3.35. The van der Waals surface area contributed by atoms with Crippen molar-refractivity contribution in [3.63, 3.8) is 0 Å². The number of aliphatic carboxylic acids is 1. The van der Waals surface area contributed by atoms with Crippen molar-refractivity contribution >= 4 is 5.97 Å². The van der Waals surface area contributed by atoms with Crippen molar-refractivity contribution < 1.29 is 14.6 Å². The van der Waals surface area contributed by atoms with Crippen LogP contribution < -0.4 is 0 Å². The van der Waals surface area contributed by atoms with E-state index in [1.54, 1.807) is 0 Å². The molecule has 0 amide bonds. The lowest BCUT2D eigenvalue weighted by Gasteiger charge is -2.19. The molecule has 2 unspecified atom stereocenters. The molecule has 1 heterocycles. The molecule has 3 heteroatoms. The zero-order valence-corrected chi connectivity index (χ0v) is 8.16. The molecule has 1 aliphatic rings. The van der Waals surface area contributed by atoms with Gasteiger partial charge >= 0.3 is 5.97 Å². The molecule has 0 radical (unpaired) electrons. The molecule has 0 aliphatic carbocycles. The number of carbonyl (C=O) groups is 1. The van der Waals surface area contributed by atoms with Crippen LogP contribution in [0.25, 0.3) is 0 Å². The molecule has 3 nitrogen and oxygen atoms in total. The standard InChI is InChI=1S/C10H18O3/c1-2-8(3-4-10(11)12)9-5-6-13-7-9/h8-9H,2-7H2,1H3,(H,11,12). The Morgan fingerprint density at radius 1 is 1.69 bits per heavy atom. The van der Waals surface area contributed by atoms with Crippen molar-refractivity contribution in [2.24, 2.45) is 11.8 Å². The van der Waals surface area contributed by atoms with Gasteiger partial charge in [-0.3, -0.25) is 4.79 Å². The molecule has 1 saturated heterocycles. The van der Waals surface area contributed by atoms with Gasteiger partial charge < -0.3 is 9.84 Å². The maximum Gasteiger partial charge on any atom is 0.303 e. The summed E-state index contributed by atoms with van der Waals surface area (Å²) in [6.45, 7) is 3.82. The van der Waals surface area contributed by atoms with Crippen molar-refractivity contribution in [3.05, 3.63) is 0 Å². The predicted molar refractivity (Wildman–Crippen MR) is 49.6 cm³/mol. The summed E-state index contributed by atoms with van der Waals surface area (Å²) in [5.41, 5.74) is 0. The highest BCUT2D eigenvalue weighted by Crippen LogP contribution is 2.28. The van der Waals surface area contributed by atoms with Crippen LogP contribution in [0.4, 0.5) is 0 Å². The van der Waals surface area contributed by atoms with Gasteiger partial charge in [0, 0.05) is 19.6 Å². The molecule has 1 fully saturated rings. The van der Waals surface area contributed by atoms with E-state index in [-0.39, 0.29) is 0 Å². The maximum absolute atomic E-state index is 10.4. The lowest BCUT2D eigenvalue weighted by atomic mass is 9.86. The Kier molecular flexibility index (Phi) is 4.22. The molecule has 13 heavy (non-hydrogen) atoms. The largest absolute Gasteiger partial charge is 0.481 e. The molecule has 0 spiro atoms. The van der Waals surface area contributed by atoms with Gasteiger partial charge in [0.05, 0.1) is 0 Å². The van der Waals surface area contributed by atoms with Crippen molar-refractivity contribution in [1.29, 1.82) is 0 Å². The normalized spacial score (nSPS) is 24.5. The average molecular weight is 186 g/mol. The van der Waals surface area contributed by atoms with Crippen molar-refractivity contribution in [2.75, 3.05) is 13.2 Å². The average Bonchev–Trinajstić information content (AvgIpc) is 2.58. The van der Waals surface area contributed by atoms with Gasteiger partial charge in [0.1, 0.15) is 0 Å². The third-order valence-corrected chi connectivity index (χ3v) is 2.88. The first-order valence-corrected chi connectivity index (χ1v) is 5.03. The minimum absolute atomic E-state index is 0.301. The summed E-state index contributed by atoms with van der Waals surface area (Å²) in [4.78, 5) is 10.4. The van der Waals surface area contributed by atoms with Crippen molar-refractivity contribution in [2.45, 2.75) is 32.6 Å². The highest BCUT2D eigenvalue weighted by Gasteiger charge is 2.24. The zero-order valence-electron chi connectivity index (χ0n) is 8.16. The number of hydrogen-bond donors (Lipinski definition) is 1. The van der Waals surface area contributed by atoms with Crippen LogP contribution in [0, 0.1) is 11.8 Å². The Labute approximate surface area is 79.1 Å². The third-order valence-electron chi connectivity index (χ3n) is 2.88. The Morgan fingerprint density at radius 3 is 2.92 bits per heavy atom. The Bertz CT molecular complexity index is 162. The predicted octanol–water partition coefficient (Wildman–Crippen LogP) is 1.91. The number of rotatable bonds is 5. The molecule has 2 atom stereocenters. The summed E-state index contributed by atoms with van der Waals surface area (Å²) in [5, 5.41) is 8.57. The fraction of sp³-hybridized carbons (Fsp3) is 0.900. The number of carboxylic acid groups (broad SMARTS) is 1. The highest BCUT2D eigenvalue weighted by atomic mass is 16.5. The van der Waals surface area contributed by atoms with E-state index < -0.39 is 5.97 Å².